The van der Waals surface area contributed by atoms with E-state index in [-0.39, 0.29) is 5.91 Å². The zero-order chi connectivity index (χ0) is 14.5. The Balaban J connectivity index is 2.28. The van der Waals surface area contributed by atoms with Crippen LogP contribution in [0.4, 0.5) is 0 Å². The molecule has 0 spiro atoms. The molecule has 0 aliphatic carbocycles. The normalized spacial score (nSPS) is 10.9. The Bertz CT molecular complexity index is 586. The maximum atomic E-state index is 11.9. The molecule has 0 radical (unpaired) electrons. The first-order valence-electron chi connectivity index (χ1n) is 7.11. The fourth-order valence-electron chi connectivity index (χ4n) is 2.30. The second-order valence-corrected chi connectivity index (χ2v) is 5.26. The van der Waals surface area contributed by atoms with Gasteiger partial charge in [0.05, 0.1) is 5.52 Å². The first-order valence-corrected chi connectivity index (χ1v) is 7.11. The van der Waals surface area contributed by atoms with Gasteiger partial charge in [0.15, 0.2) is 0 Å². The minimum Gasteiger partial charge on any atom is -0.347 e. The molecule has 2 aromatic rings. The summed E-state index contributed by atoms with van der Waals surface area (Å²) in [5.74, 6) is 0.110. The molecule has 4 nitrogen and oxygen atoms in total. The number of hydrogen-bond acceptors (Lipinski definition) is 2. The van der Waals surface area contributed by atoms with Crippen molar-refractivity contribution in [3.63, 3.8) is 0 Å². The number of aromatic nitrogens is 1. The molecule has 0 aliphatic rings. The van der Waals surface area contributed by atoms with Crippen LogP contribution in [0.3, 0.4) is 0 Å². The molecule has 1 aromatic carbocycles. The molecule has 0 bridgehead atoms. The van der Waals surface area contributed by atoms with Crippen LogP contribution in [0, 0.1) is 0 Å². The highest BCUT2D eigenvalue weighted by Crippen LogP contribution is 2.20. The van der Waals surface area contributed by atoms with Gasteiger partial charge in [0, 0.05) is 26.8 Å². The number of likely N-dealkylation sites (N-methyl/N-ethyl adjacent to an activating group) is 1. The van der Waals surface area contributed by atoms with E-state index in [1.54, 1.807) is 19.0 Å². The van der Waals surface area contributed by atoms with Crippen molar-refractivity contribution in [3.05, 3.63) is 36.0 Å². The first-order chi connectivity index (χ1) is 9.63. The standard InChI is InChI=1S/C16H23N3O/c1-4-9-17-11-14-7-5-6-13-8-10-19(16(13)14)12-15(20)18(2)3/h5-8,10,17H,4,9,11-12H2,1-3H3. The molecule has 1 heterocycles. The van der Waals surface area contributed by atoms with Crippen LogP contribution in [0.25, 0.3) is 10.9 Å². The average Bonchev–Trinajstić information content (AvgIpc) is 2.83. The number of nitrogens with one attached hydrogen (secondary N) is 1. The van der Waals surface area contributed by atoms with Crippen LogP contribution >= 0.6 is 0 Å². The average molecular weight is 273 g/mol. The van der Waals surface area contributed by atoms with Crippen molar-refractivity contribution in [2.24, 2.45) is 0 Å². The number of amides is 1. The fraction of sp³-hybridized carbons (Fsp3) is 0.438. The van der Waals surface area contributed by atoms with Crippen LogP contribution < -0.4 is 5.32 Å². The summed E-state index contributed by atoms with van der Waals surface area (Å²) in [6.07, 6.45) is 3.12. The van der Waals surface area contributed by atoms with Crippen molar-refractivity contribution in [2.75, 3.05) is 20.6 Å². The number of carbonyl (C=O) groups excluding carboxylic acids is 1. The van der Waals surface area contributed by atoms with E-state index in [1.807, 2.05) is 10.8 Å². The zero-order valence-electron chi connectivity index (χ0n) is 12.5. The third kappa shape index (κ3) is 3.20. The number of fused-ring (bicyclic) bond motifs is 1. The topological polar surface area (TPSA) is 37.3 Å². The molecule has 0 unspecified atom stereocenters. The van der Waals surface area contributed by atoms with Gasteiger partial charge in [-0.3, -0.25) is 4.79 Å². The van der Waals surface area contributed by atoms with Gasteiger partial charge in [-0.25, -0.2) is 0 Å². The maximum absolute atomic E-state index is 11.9. The van der Waals surface area contributed by atoms with Crippen molar-refractivity contribution in [3.8, 4) is 0 Å². The molecule has 1 amide bonds. The SMILES string of the molecule is CCCNCc1cccc2ccn(CC(=O)N(C)C)c12. The van der Waals surface area contributed by atoms with Gasteiger partial charge in [0.1, 0.15) is 6.54 Å². The summed E-state index contributed by atoms with van der Waals surface area (Å²) in [7, 11) is 3.58. The minimum absolute atomic E-state index is 0.110. The van der Waals surface area contributed by atoms with Gasteiger partial charge in [0.2, 0.25) is 5.91 Å². The van der Waals surface area contributed by atoms with Gasteiger partial charge in [-0.1, -0.05) is 25.1 Å². The molecular weight excluding hydrogens is 250 g/mol. The Hall–Kier alpha value is -1.81. The number of carbonyl (C=O) groups is 1. The predicted octanol–water partition coefficient (Wildman–Crippen LogP) is 2.23. The Morgan fingerprint density at radius 2 is 2.10 bits per heavy atom. The number of benzene rings is 1. The van der Waals surface area contributed by atoms with E-state index in [9.17, 15) is 4.79 Å². The van der Waals surface area contributed by atoms with E-state index < -0.39 is 0 Å². The summed E-state index contributed by atoms with van der Waals surface area (Å²) in [6.45, 7) is 4.40. The highest BCUT2D eigenvalue weighted by molar-refractivity contribution is 5.85. The minimum atomic E-state index is 0.110. The van der Waals surface area contributed by atoms with Gasteiger partial charge < -0.3 is 14.8 Å². The lowest BCUT2D eigenvalue weighted by Crippen LogP contribution is -2.26. The molecule has 0 saturated carbocycles. The van der Waals surface area contributed by atoms with E-state index >= 15 is 0 Å². The number of rotatable bonds is 6. The lowest BCUT2D eigenvalue weighted by atomic mass is 10.1. The second kappa shape index (κ2) is 6.57. The van der Waals surface area contributed by atoms with Crippen LogP contribution in [0.2, 0.25) is 0 Å². The van der Waals surface area contributed by atoms with Crippen LogP contribution in [0.15, 0.2) is 30.5 Å². The fourth-order valence-corrected chi connectivity index (χ4v) is 2.30. The molecule has 108 valence electrons. The van der Waals surface area contributed by atoms with Crippen molar-refractivity contribution in [1.29, 1.82) is 0 Å². The van der Waals surface area contributed by atoms with Gasteiger partial charge in [-0.05, 0) is 30.0 Å². The summed E-state index contributed by atoms with van der Waals surface area (Å²) < 4.78 is 2.04. The molecule has 1 N–H and O–H groups in total. The highest BCUT2D eigenvalue weighted by Gasteiger charge is 2.10. The van der Waals surface area contributed by atoms with Crippen molar-refractivity contribution >= 4 is 16.8 Å². The van der Waals surface area contributed by atoms with Gasteiger partial charge in [0.25, 0.3) is 0 Å². The van der Waals surface area contributed by atoms with Crippen LogP contribution in [0.5, 0.6) is 0 Å². The summed E-state index contributed by atoms with van der Waals surface area (Å²) in [4.78, 5) is 13.5. The van der Waals surface area contributed by atoms with Crippen molar-refractivity contribution in [2.45, 2.75) is 26.4 Å². The molecule has 0 aliphatic heterocycles. The third-order valence-electron chi connectivity index (χ3n) is 3.42. The van der Waals surface area contributed by atoms with Crippen LogP contribution in [0.1, 0.15) is 18.9 Å². The smallest absolute Gasteiger partial charge is 0.241 e. The van der Waals surface area contributed by atoms with E-state index in [1.165, 1.54) is 10.9 Å². The maximum Gasteiger partial charge on any atom is 0.241 e. The molecular formula is C16H23N3O. The van der Waals surface area contributed by atoms with E-state index in [0.29, 0.717) is 6.54 Å². The largest absolute Gasteiger partial charge is 0.347 e. The quantitative estimate of drug-likeness (QED) is 0.820. The van der Waals surface area contributed by atoms with Crippen LogP contribution in [-0.2, 0) is 17.9 Å². The summed E-state index contributed by atoms with van der Waals surface area (Å²) in [5.41, 5.74) is 2.40. The van der Waals surface area contributed by atoms with Crippen molar-refractivity contribution in [1.82, 2.24) is 14.8 Å². The Kier molecular flexibility index (Phi) is 4.79. The molecule has 0 fully saturated rings. The first kappa shape index (κ1) is 14.6. The summed E-state index contributed by atoms with van der Waals surface area (Å²) >= 11 is 0. The number of hydrogen-bond donors (Lipinski definition) is 1. The Morgan fingerprint density at radius 1 is 1.30 bits per heavy atom. The molecule has 1 aromatic heterocycles. The molecule has 0 saturated heterocycles. The lowest BCUT2D eigenvalue weighted by molar-refractivity contribution is -0.129. The monoisotopic (exact) mass is 273 g/mol. The number of para-hydroxylation sites is 1. The van der Waals surface area contributed by atoms with Gasteiger partial charge in [-0.2, -0.15) is 0 Å². The third-order valence-corrected chi connectivity index (χ3v) is 3.42. The lowest BCUT2D eigenvalue weighted by Gasteiger charge is -2.13. The van der Waals surface area contributed by atoms with Crippen molar-refractivity contribution < 1.29 is 4.79 Å². The summed E-state index contributed by atoms with van der Waals surface area (Å²) in [5, 5.41) is 4.62. The Morgan fingerprint density at radius 3 is 2.80 bits per heavy atom. The van der Waals surface area contributed by atoms with Gasteiger partial charge >= 0.3 is 0 Å². The summed E-state index contributed by atoms with van der Waals surface area (Å²) in [6, 6.07) is 8.36. The van der Waals surface area contributed by atoms with Crippen LogP contribution in [-0.4, -0.2) is 36.0 Å². The van der Waals surface area contributed by atoms with E-state index in [0.717, 1.165) is 25.0 Å². The molecule has 4 heteroatoms. The van der Waals surface area contributed by atoms with E-state index in [2.05, 4.69) is 36.5 Å². The predicted molar refractivity (Wildman–Crippen MR) is 82.6 cm³/mol. The second-order valence-electron chi connectivity index (χ2n) is 5.26. The molecule has 2 rings (SSSR count). The van der Waals surface area contributed by atoms with Gasteiger partial charge in [-0.15, -0.1) is 0 Å². The molecule has 20 heavy (non-hydrogen) atoms. The number of nitrogens with zero attached hydrogens (tertiary/aromatic N) is 2. The van der Waals surface area contributed by atoms with E-state index in [4.69, 9.17) is 0 Å². The Labute approximate surface area is 120 Å². The zero-order valence-corrected chi connectivity index (χ0v) is 12.5. The highest BCUT2D eigenvalue weighted by atomic mass is 16.2. The molecule has 0 atom stereocenters.